The van der Waals surface area contributed by atoms with Gasteiger partial charge in [-0.15, -0.1) is 0 Å². The zero-order chi connectivity index (χ0) is 21.4. The number of pyridine rings is 1. The molecule has 0 atom stereocenters. The molecule has 1 saturated heterocycles. The number of fused-ring (bicyclic) bond motifs is 1. The average Bonchev–Trinajstić information content (AvgIpc) is 3.09. The summed E-state index contributed by atoms with van der Waals surface area (Å²) < 4.78 is 15.1. The van der Waals surface area contributed by atoms with Crippen LogP contribution >= 0.6 is 11.6 Å². The Bertz CT molecular complexity index is 1110. The monoisotopic (exact) mass is 440 g/mol. The Morgan fingerprint density at radius 3 is 2.81 bits per heavy atom. The molecule has 0 saturated carbocycles. The van der Waals surface area contributed by atoms with Crippen molar-refractivity contribution in [3.8, 4) is 11.4 Å². The van der Waals surface area contributed by atoms with Crippen LogP contribution in [0.2, 0.25) is 5.02 Å². The second kappa shape index (κ2) is 8.01. The van der Waals surface area contributed by atoms with E-state index in [4.69, 9.17) is 16.6 Å². The molecule has 3 aromatic rings. The van der Waals surface area contributed by atoms with E-state index in [-0.39, 0.29) is 23.0 Å². The molecular formula is C22H22ClFN6O. The topological polar surface area (TPSA) is 75.9 Å². The molecule has 0 unspecified atom stereocenters. The highest BCUT2D eigenvalue weighted by Crippen LogP contribution is 2.30. The van der Waals surface area contributed by atoms with E-state index in [1.807, 2.05) is 12.1 Å². The lowest BCUT2D eigenvalue weighted by Crippen LogP contribution is -2.56. The van der Waals surface area contributed by atoms with Crippen LogP contribution in [0.1, 0.15) is 24.2 Å². The lowest BCUT2D eigenvalue weighted by Gasteiger charge is -2.41. The predicted octanol–water partition coefficient (Wildman–Crippen LogP) is 2.84. The minimum atomic E-state index is -0.404. The Kier molecular flexibility index (Phi) is 5.19. The highest BCUT2D eigenvalue weighted by atomic mass is 35.5. The van der Waals surface area contributed by atoms with Gasteiger partial charge in [-0.3, -0.25) is 14.7 Å². The molecular weight excluding hydrogens is 419 g/mol. The number of amides is 1. The van der Waals surface area contributed by atoms with Crippen LogP contribution < -0.4 is 5.32 Å². The van der Waals surface area contributed by atoms with Gasteiger partial charge in [0.25, 0.3) is 0 Å². The summed E-state index contributed by atoms with van der Waals surface area (Å²) in [7, 11) is 0. The molecule has 5 rings (SSSR count). The Morgan fingerprint density at radius 1 is 1.23 bits per heavy atom. The van der Waals surface area contributed by atoms with E-state index in [1.54, 1.807) is 29.2 Å². The molecule has 160 valence electrons. The van der Waals surface area contributed by atoms with Crippen LogP contribution in [0.4, 0.5) is 4.39 Å². The third kappa shape index (κ3) is 4.18. The van der Waals surface area contributed by atoms with Gasteiger partial charge in [0.1, 0.15) is 18.2 Å². The molecule has 0 radical (unpaired) electrons. The van der Waals surface area contributed by atoms with Gasteiger partial charge in [-0.05, 0) is 42.7 Å². The van der Waals surface area contributed by atoms with Gasteiger partial charge in [0.15, 0.2) is 5.82 Å². The van der Waals surface area contributed by atoms with Gasteiger partial charge in [-0.2, -0.15) is 5.10 Å². The SMILES string of the molecule is O=C1Cn2nc(-c3cccnc3)nc2CC2(CCN(Cc3ccc(F)c(Cl)c3)CC2)N1. The minimum Gasteiger partial charge on any atom is -0.349 e. The van der Waals surface area contributed by atoms with Crippen molar-refractivity contribution in [2.45, 2.75) is 37.9 Å². The van der Waals surface area contributed by atoms with Gasteiger partial charge >= 0.3 is 0 Å². The van der Waals surface area contributed by atoms with Gasteiger partial charge in [0, 0.05) is 49.6 Å². The van der Waals surface area contributed by atoms with Crippen molar-refractivity contribution in [3.63, 3.8) is 0 Å². The quantitative estimate of drug-likeness (QED) is 0.677. The first-order valence-corrected chi connectivity index (χ1v) is 10.7. The molecule has 0 aliphatic carbocycles. The number of rotatable bonds is 3. The fraction of sp³-hybridized carbons (Fsp3) is 0.364. The van der Waals surface area contributed by atoms with Crippen molar-refractivity contribution in [2.75, 3.05) is 13.1 Å². The molecule has 1 amide bonds. The first-order chi connectivity index (χ1) is 15.0. The second-order valence-electron chi connectivity index (χ2n) is 8.28. The first-order valence-electron chi connectivity index (χ1n) is 10.3. The molecule has 31 heavy (non-hydrogen) atoms. The predicted molar refractivity (Wildman–Crippen MR) is 114 cm³/mol. The normalized spacial score (nSPS) is 18.5. The standard InChI is InChI=1S/C22H22ClFN6O/c23-17-10-15(3-4-18(17)24)13-29-8-5-22(6-9-29)11-19-26-21(16-2-1-7-25-12-16)28-30(19)14-20(31)27-22/h1-4,7,10,12H,5-6,8-9,11,13-14H2,(H,27,31). The van der Waals surface area contributed by atoms with Gasteiger partial charge in [-0.1, -0.05) is 17.7 Å². The van der Waals surface area contributed by atoms with Gasteiger partial charge in [0.2, 0.25) is 5.91 Å². The number of aromatic nitrogens is 4. The molecule has 9 heteroatoms. The van der Waals surface area contributed by atoms with Crippen LogP contribution in [0.15, 0.2) is 42.7 Å². The maximum Gasteiger partial charge on any atom is 0.242 e. The molecule has 0 bridgehead atoms. The summed E-state index contributed by atoms with van der Waals surface area (Å²) in [5.41, 5.74) is 1.49. The average molecular weight is 441 g/mol. The number of carbonyl (C=O) groups excluding carboxylic acids is 1. The fourth-order valence-electron chi connectivity index (χ4n) is 4.40. The minimum absolute atomic E-state index is 0.0415. The largest absolute Gasteiger partial charge is 0.349 e. The number of hydrogen-bond acceptors (Lipinski definition) is 5. The molecule has 1 aromatic carbocycles. The van der Waals surface area contributed by atoms with E-state index < -0.39 is 5.82 Å². The summed E-state index contributed by atoms with van der Waals surface area (Å²) in [6, 6.07) is 8.61. The highest BCUT2D eigenvalue weighted by molar-refractivity contribution is 6.30. The van der Waals surface area contributed by atoms with Crippen molar-refractivity contribution < 1.29 is 9.18 Å². The molecule has 1 N–H and O–H groups in total. The number of piperidine rings is 1. The smallest absolute Gasteiger partial charge is 0.242 e. The van der Waals surface area contributed by atoms with E-state index in [9.17, 15) is 9.18 Å². The number of nitrogens with one attached hydrogen (secondary N) is 1. The third-order valence-electron chi connectivity index (χ3n) is 6.07. The molecule has 2 aliphatic heterocycles. The maximum absolute atomic E-state index is 13.4. The molecule has 2 aliphatic rings. The first kappa shape index (κ1) is 20.1. The molecule has 4 heterocycles. The van der Waals surface area contributed by atoms with Gasteiger partial charge in [-0.25, -0.2) is 14.1 Å². The summed E-state index contributed by atoms with van der Waals surface area (Å²) in [5, 5.41) is 7.93. The van der Waals surface area contributed by atoms with E-state index in [0.29, 0.717) is 18.8 Å². The fourth-order valence-corrected chi connectivity index (χ4v) is 4.61. The Labute approximate surface area is 184 Å². The molecule has 1 fully saturated rings. The summed E-state index contributed by atoms with van der Waals surface area (Å²) in [5.74, 6) is 0.966. The summed E-state index contributed by atoms with van der Waals surface area (Å²) in [6.45, 7) is 2.51. The van der Waals surface area contributed by atoms with Crippen molar-refractivity contribution in [3.05, 3.63) is 65.0 Å². The number of hydrogen-bond donors (Lipinski definition) is 1. The third-order valence-corrected chi connectivity index (χ3v) is 6.36. The molecule has 1 spiro atoms. The van der Waals surface area contributed by atoms with Crippen LogP contribution in [0.25, 0.3) is 11.4 Å². The number of halogens is 2. The lowest BCUT2D eigenvalue weighted by molar-refractivity contribution is -0.123. The van der Waals surface area contributed by atoms with Crippen molar-refractivity contribution >= 4 is 17.5 Å². The second-order valence-corrected chi connectivity index (χ2v) is 8.69. The van der Waals surface area contributed by atoms with E-state index in [1.165, 1.54) is 6.07 Å². The number of nitrogens with zero attached hydrogens (tertiary/aromatic N) is 5. The summed E-state index contributed by atoms with van der Waals surface area (Å²) in [6.07, 6.45) is 5.69. The van der Waals surface area contributed by atoms with E-state index >= 15 is 0 Å². The maximum atomic E-state index is 13.4. The van der Waals surface area contributed by atoms with Crippen molar-refractivity contribution in [1.29, 1.82) is 0 Å². The van der Waals surface area contributed by atoms with Crippen LogP contribution in [-0.4, -0.2) is 49.2 Å². The van der Waals surface area contributed by atoms with Crippen molar-refractivity contribution in [1.82, 2.24) is 30.0 Å². The Balaban J connectivity index is 1.31. The number of likely N-dealkylation sites (tertiary alicyclic amines) is 1. The van der Waals surface area contributed by atoms with Crippen molar-refractivity contribution in [2.24, 2.45) is 0 Å². The zero-order valence-electron chi connectivity index (χ0n) is 16.9. The zero-order valence-corrected chi connectivity index (χ0v) is 17.6. The van der Waals surface area contributed by atoms with Crippen LogP contribution in [0.5, 0.6) is 0 Å². The molecule has 2 aromatic heterocycles. The summed E-state index contributed by atoms with van der Waals surface area (Å²) in [4.78, 5) is 23.8. The Morgan fingerprint density at radius 2 is 2.06 bits per heavy atom. The molecule has 7 nitrogen and oxygen atoms in total. The Hall–Kier alpha value is -2.84. The van der Waals surface area contributed by atoms with Crippen LogP contribution in [-0.2, 0) is 24.3 Å². The lowest BCUT2D eigenvalue weighted by atomic mass is 9.84. The number of benzene rings is 1. The van der Waals surface area contributed by atoms with Crippen LogP contribution in [0, 0.1) is 5.82 Å². The number of carbonyl (C=O) groups is 1. The summed E-state index contributed by atoms with van der Waals surface area (Å²) >= 11 is 5.92. The van der Waals surface area contributed by atoms with Crippen LogP contribution in [0.3, 0.4) is 0 Å². The van der Waals surface area contributed by atoms with Gasteiger partial charge in [0.05, 0.1) is 5.02 Å². The van der Waals surface area contributed by atoms with E-state index in [2.05, 4.69) is 20.3 Å². The van der Waals surface area contributed by atoms with E-state index in [0.717, 1.165) is 42.9 Å². The van der Waals surface area contributed by atoms with Gasteiger partial charge < -0.3 is 5.32 Å². The highest BCUT2D eigenvalue weighted by Gasteiger charge is 2.39.